The number of benzene rings is 1. The molecule has 0 bridgehead atoms. The molecule has 0 fully saturated rings. The number of rotatable bonds is 5. The van der Waals surface area contributed by atoms with Crippen molar-refractivity contribution >= 4 is 5.97 Å². The maximum Gasteiger partial charge on any atom is 0.337 e. The fourth-order valence-corrected chi connectivity index (χ4v) is 1.33. The third-order valence-corrected chi connectivity index (χ3v) is 2.32. The molecule has 0 radical (unpaired) electrons. The zero-order chi connectivity index (χ0) is 12.0. The highest BCUT2D eigenvalue weighted by Crippen LogP contribution is 2.16. The molecule has 0 aliphatic heterocycles. The van der Waals surface area contributed by atoms with Crippen LogP contribution >= 0.6 is 0 Å². The topological polar surface area (TPSA) is 61.5 Å². The highest BCUT2D eigenvalue weighted by Gasteiger charge is 2.20. The minimum absolute atomic E-state index is 0.122. The number of nitrogens with two attached hydrogens (primary N) is 1. The summed E-state index contributed by atoms with van der Waals surface area (Å²) in [4.78, 5) is 11.6. The molecule has 0 spiro atoms. The van der Waals surface area contributed by atoms with Crippen molar-refractivity contribution in [2.75, 3.05) is 13.7 Å². The van der Waals surface area contributed by atoms with Crippen LogP contribution in [0.2, 0.25) is 0 Å². The molecule has 1 aromatic carbocycles. The van der Waals surface area contributed by atoms with Gasteiger partial charge < -0.3 is 15.2 Å². The molecule has 88 valence electrons. The van der Waals surface area contributed by atoms with Crippen LogP contribution in [0, 0.1) is 0 Å². The molecule has 2 atom stereocenters. The average molecular weight is 223 g/mol. The van der Waals surface area contributed by atoms with E-state index in [2.05, 4.69) is 0 Å². The smallest absolute Gasteiger partial charge is 0.337 e. The molecule has 4 heteroatoms. The van der Waals surface area contributed by atoms with Crippen LogP contribution in [0.15, 0.2) is 30.3 Å². The van der Waals surface area contributed by atoms with Crippen molar-refractivity contribution in [2.24, 2.45) is 5.73 Å². The SMILES string of the molecule is COC(CN)C(=O)OC(C)c1ccccc1. The Hall–Kier alpha value is -1.39. The minimum atomic E-state index is -0.689. The van der Waals surface area contributed by atoms with E-state index in [9.17, 15) is 4.79 Å². The van der Waals surface area contributed by atoms with Crippen molar-refractivity contribution in [1.82, 2.24) is 0 Å². The number of esters is 1. The lowest BCUT2D eigenvalue weighted by atomic mass is 10.1. The van der Waals surface area contributed by atoms with Gasteiger partial charge in [0.05, 0.1) is 0 Å². The van der Waals surface area contributed by atoms with Gasteiger partial charge in [-0.15, -0.1) is 0 Å². The zero-order valence-electron chi connectivity index (χ0n) is 9.55. The molecule has 1 rings (SSSR count). The highest BCUT2D eigenvalue weighted by molar-refractivity contribution is 5.75. The summed E-state index contributed by atoms with van der Waals surface area (Å²) >= 11 is 0. The highest BCUT2D eigenvalue weighted by atomic mass is 16.6. The quantitative estimate of drug-likeness (QED) is 0.763. The second-order valence-electron chi connectivity index (χ2n) is 3.45. The third kappa shape index (κ3) is 3.32. The van der Waals surface area contributed by atoms with Crippen LogP contribution in [-0.4, -0.2) is 25.7 Å². The molecule has 0 aliphatic rings. The van der Waals surface area contributed by atoms with Crippen LogP contribution in [0.4, 0.5) is 0 Å². The second kappa shape index (κ2) is 6.25. The Morgan fingerprint density at radius 1 is 1.38 bits per heavy atom. The van der Waals surface area contributed by atoms with Crippen LogP contribution in [0.5, 0.6) is 0 Å². The summed E-state index contributed by atoms with van der Waals surface area (Å²) in [5.41, 5.74) is 6.32. The number of ether oxygens (including phenoxy) is 2. The Morgan fingerprint density at radius 2 is 2.00 bits per heavy atom. The summed E-state index contributed by atoms with van der Waals surface area (Å²) in [5, 5.41) is 0. The van der Waals surface area contributed by atoms with E-state index >= 15 is 0 Å². The first-order chi connectivity index (χ1) is 7.69. The Bertz CT molecular complexity index is 322. The van der Waals surface area contributed by atoms with Crippen molar-refractivity contribution in [3.63, 3.8) is 0 Å². The Balaban J connectivity index is 2.58. The monoisotopic (exact) mass is 223 g/mol. The first kappa shape index (κ1) is 12.7. The summed E-state index contributed by atoms with van der Waals surface area (Å²) in [7, 11) is 1.44. The van der Waals surface area contributed by atoms with E-state index in [1.165, 1.54) is 7.11 Å². The van der Waals surface area contributed by atoms with Gasteiger partial charge in [0, 0.05) is 13.7 Å². The van der Waals surface area contributed by atoms with Crippen molar-refractivity contribution < 1.29 is 14.3 Å². The lowest BCUT2D eigenvalue weighted by molar-refractivity contribution is -0.159. The van der Waals surface area contributed by atoms with Gasteiger partial charge in [0.1, 0.15) is 6.10 Å². The minimum Gasteiger partial charge on any atom is -0.456 e. The number of carbonyl (C=O) groups excluding carboxylic acids is 1. The van der Waals surface area contributed by atoms with Crippen LogP contribution < -0.4 is 5.73 Å². The average Bonchev–Trinajstić information content (AvgIpc) is 2.31. The molecule has 0 heterocycles. The second-order valence-corrected chi connectivity index (χ2v) is 3.45. The number of carbonyl (C=O) groups is 1. The van der Waals surface area contributed by atoms with Crippen LogP contribution in [0.1, 0.15) is 18.6 Å². The summed E-state index contributed by atoms with van der Waals surface area (Å²) in [6, 6.07) is 9.52. The predicted molar refractivity (Wildman–Crippen MR) is 60.8 cm³/mol. The van der Waals surface area contributed by atoms with Crippen molar-refractivity contribution in [3.05, 3.63) is 35.9 Å². The summed E-state index contributed by atoms with van der Waals surface area (Å²) in [5.74, 6) is -0.429. The van der Waals surface area contributed by atoms with Crippen LogP contribution in [0.25, 0.3) is 0 Å². The van der Waals surface area contributed by atoms with E-state index in [4.69, 9.17) is 15.2 Å². The first-order valence-electron chi connectivity index (χ1n) is 5.17. The molecule has 0 saturated heterocycles. The van der Waals surface area contributed by atoms with Crippen molar-refractivity contribution in [2.45, 2.75) is 19.1 Å². The molecule has 0 aromatic heterocycles. The van der Waals surface area contributed by atoms with Gasteiger partial charge in [0.25, 0.3) is 0 Å². The molecule has 1 aromatic rings. The fraction of sp³-hybridized carbons (Fsp3) is 0.417. The summed E-state index contributed by atoms with van der Waals surface area (Å²) < 4.78 is 10.1. The third-order valence-electron chi connectivity index (χ3n) is 2.32. The van der Waals surface area contributed by atoms with E-state index < -0.39 is 12.1 Å². The molecular formula is C12H17NO3. The van der Waals surface area contributed by atoms with Crippen LogP contribution in [-0.2, 0) is 14.3 Å². The van der Waals surface area contributed by atoms with E-state index in [0.29, 0.717) is 0 Å². The van der Waals surface area contributed by atoms with E-state index in [-0.39, 0.29) is 12.6 Å². The number of methoxy groups -OCH3 is 1. The number of hydrogen-bond donors (Lipinski definition) is 1. The summed E-state index contributed by atoms with van der Waals surface area (Å²) in [6.45, 7) is 1.94. The van der Waals surface area contributed by atoms with Gasteiger partial charge in [0.2, 0.25) is 0 Å². The Kier molecular flexibility index (Phi) is 4.95. The maximum absolute atomic E-state index is 11.6. The zero-order valence-corrected chi connectivity index (χ0v) is 9.55. The normalized spacial score (nSPS) is 14.2. The van der Waals surface area contributed by atoms with Gasteiger partial charge in [-0.3, -0.25) is 0 Å². The Labute approximate surface area is 95.3 Å². The first-order valence-corrected chi connectivity index (χ1v) is 5.17. The fourth-order valence-electron chi connectivity index (χ4n) is 1.33. The van der Waals surface area contributed by atoms with E-state index in [1.807, 2.05) is 37.3 Å². The molecule has 2 unspecified atom stereocenters. The van der Waals surface area contributed by atoms with Crippen LogP contribution in [0.3, 0.4) is 0 Å². The largest absolute Gasteiger partial charge is 0.456 e. The molecule has 0 amide bonds. The Morgan fingerprint density at radius 3 is 2.50 bits per heavy atom. The van der Waals surface area contributed by atoms with Gasteiger partial charge in [-0.1, -0.05) is 30.3 Å². The molecule has 16 heavy (non-hydrogen) atoms. The number of hydrogen-bond acceptors (Lipinski definition) is 4. The molecule has 0 aliphatic carbocycles. The van der Waals surface area contributed by atoms with Gasteiger partial charge in [0.15, 0.2) is 6.10 Å². The van der Waals surface area contributed by atoms with Gasteiger partial charge in [-0.25, -0.2) is 4.79 Å². The van der Waals surface area contributed by atoms with Gasteiger partial charge >= 0.3 is 5.97 Å². The molecule has 0 saturated carbocycles. The maximum atomic E-state index is 11.6. The standard InChI is InChI=1S/C12H17NO3/c1-9(10-6-4-3-5-7-10)16-12(14)11(8-13)15-2/h3-7,9,11H,8,13H2,1-2H3. The molecular weight excluding hydrogens is 206 g/mol. The molecule has 4 nitrogen and oxygen atoms in total. The van der Waals surface area contributed by atoms with Gasteiger partial charge in [-0.2, -0.15) is 0 Å². The van der Waals surface area contributed by atoms with Crippen molar-refractivity contribution in [1.29, 1.82) is 0 Å². The predicted octanol–water partition coefficient (Wildman–Crippen LogP) is 1.26. The lowest BCUT2D eigenvalue weighted by Crippen LogP contribution is -2.33. The lowest BCUT2D eigenvalue weighted by Gasteiger charge is -2.17. The van der Waals surface area contributed by atoms with E-state index in [1.54, 1.807) is 0 Å². The van der Waals surface area contributed by atoms with Crippen molar-refractivity contribution in [3.8, 4) is 0 Å². The van der Waals surface area contributed by atoms with Gasteiger partial charge in [-0.05, 0) is 12.5 Å². The van der Waals surface area contributed by atoms with E-state index in [0.717, 1.165) is 5.56 Å². The molecule has 2 N–H and O–H groups in total. The summed E-state index contributed by atoms with van der Waals surface area (Å²) in [6.07, 6.45) is -0.982.